The summed E-state index contributed by atoms with van der Waals surface area (Å²) in [5.74, 6) is 1.43. The van der Waals surface area contributed by atoms with Gasteiger partial charge in [-0.25, -0.2) is 0 Å². The fourth-order valence-electron chi connectivity index (χ4n) is 4.54. The molecule has 2 saturated carbocycles. The number of likely N-dealkylation sites (tertiary alicyclic amines) is 1. The Balaban J connectivity index is 1.72. The largest absolute Gasteiger partial charge is 0.336 e. The van der Waals surface area contributed by atoms with Crippen LogP contribution in [0.1, 0.15) is 58.3 Å². The maximum absolute atomic E-state index is 12.7. The zero-order chi connectivity index (χ0) is 12.7. The zero-order valence-electron chi connectivity index (χ0n) is 11.5. The van der Waals surface area contributed by atoms with Crippen molar-refractivity contribution >= 4 is 5.91 Å². The molecule has 0 bridgehead atoms. The van der Waals surface area contributed by atoms with E-state index in [0.29, 0.717) is 18.0 Å². The number of hydrogen-bond donors (Lipinski definition) is 1. The number of nitrogens with zero attached hydrogens (tertiary/aromatic N) is 1. The number of carbonyl (C=O) groups excluding carboxylic acids is 1. The third-order valence-electron chi connectivity index (χ3n) is 5.42. The first-order chi connectivity index (χ1) is 8.66. The molecule has 3 aliphatic rings. The summed E-state index contributed by atoms with van der Waals surface area (Å²) in [5, 5.41) is 0. The second-order valence-corrected chi connectivity index (χ2v) is 6.71. The molecule has 0 unspecified atom stereocenters. The Labute approximate surface area is 110 Å². The summed E-state index contributed by atoms with van der Waals surface area (Å²) in [6, 6.07) is 1.28. The predicted octanol–water partition coefficient (Wildman–Crippen LogP) is 2.29. The Morgan fingerprint density at radius 2 is 1.89 bits per heavy atom. The minimum Gasteiger partial charge on any atom is -0.336 e. The van der Waals surface area contributed by atoms with Gasteiger partial charge in [-0.1, -0.05) is 12.8 Å². The Kier molecular flexibility index (Phi) is 3.35. The molecule has 1 saturated heterocycles. The molecule has 3 rings (SSSR count). The van der Waals surface area contributed by atoms with Crippen molar-refractivity contribution in [1.82, 2.24) is 4.90 Å². The van der Waals surface area contributed by atoms with Gasteiger partial charge in [0, 0.05) is 24.0 Å². The van der Waals surface area contributed by atoms with Crippen molar-refractivity contribution < 1.29 is 4.79 Å². The van der Waals surface area contributed by atoms with E-state index in [4.69, 9.17) is 5.73 Å². The van der Waals surface area contributed by atoms with Gasteiger partial charge in [0.15, 0.2) is 0 Å². The summed E-state index contributed by atoms with van der Waals surface area (Å²) in [6.07, 6.45) is 9.44. The topological polar surface area (TPSA) is 46.3 Å². The van der Waals surface area contributed by atoms with Crippen LogP contribution in [0.15, 0.2) is 0 Å². The van der Waals surface area contributed by atoms with E-state index in [0.717, 1.165) is 25.2 Å². The zero-order valence-corrected chi connectivity index (χ0v) is 11.5. The van der Waals surface area contributed by atoms with Crippen LogP contribution in [0.5, 0.6) is 0 Å². The van der Waals surface area contributed by atoms with Crippen molar-refractivity contribution in [2.45, 2.75) is 76.4 Å². The summed E-state index contributed by atoms with van der Waals surface area (Å²) in [4.78, 5) is 15.0. The molecule has 1 heterocycles. The predicted molar refractivity (Wildman–Crippen MR) is 72.0 cm³/mol. The average molecular weight is 250 g/mol. The molecule has 102 valence electrons. The molecule has 3 fully saturated rings. The number of hydrogen-bond acceptors (Lipinski definition) is 2. The van der Waals surface area contributed by atoms with Gasteiger partial charge in [0.25, 0.3) is 0 Å². The summed E-state index contributed by atoms with van der Waals surface area (Å²) < 4.78 is 0. The normalized spacial score (nSPS) is 44.1. The molecule has 3 heteroatoms. The van der Waals surface area contributed by atoms with Gasteiger partial charge in [0.1, 0.15) is 0 Å². The number of carbonyl (C=O) groups is 1. The maximum atomic E-state index is 12.7. The van der Waals surface area contributed by atoms with Gasteiger partial charge in [0.2, 0.25) is 5.91 Å². The Morgan fingerprint density at radius 1 is 1.11 bits per heavy atom. The molecule has 5 atom stereocenters. The SMILES string of the molecule is C[C@@H]1C[C@@H]2CCCC[C@@H]2N1C(=O)[C@H]1CC[C@H](N)C1. The van der Waals surface area contributed by atoms with Crippen molar-refractivity contribution in [1.29, 1.82) is 0 Å². The minimum atomic E-state index is 0.225. The molecular formula is C15H26N2O. The Bertz CT molecular complexity index is 330. The lowest BCUT2D eigenvalue weighted by molar-refractivity contribution is -0.138. The van der Waals surface area contributed by atoms with E-state index in [9.17, 15) is 4.79 Å². The van der Waals surface area contributed by atoms with Crippen LogP contribution in [-0.2, 0) is 4.79 Å². The van der Waals surface area contributed by atoms with Gasteiger partial charge >= 0.3 is 0 Å². The van der Waals surface area contributed by atoms with E-state index < -0.39 is 0 Å². The van der Waals surface area contributed by atoms with Crippen LogP contribution in [0.3, 0.4) is 0 Å². The van der Waals surface area contributed by atoms with Gasteiger partial charge in [-0.15, -0.1) is 0 Å². The van der Waals surface area contributed by atoms with Crippen molar-refractivity contribution in [2.24, 2.45) is 17.6 Å². The van der Waals surface area contributed by atoms with E-state index in [2.05, 4.69) is 11.8 Å². The molecule has 0 radical (unpaired) electrons. The van der Waals surface area contributed by atoms with E-state index in [1.807, 2.05) is 0 Å². The van der Waals surface area contributed by atoms with Crippen molar-refractivity contribution in [3.63, 3.8) is 0 Å². The highest BCUT2D eigenvalue weighted by Crippen LogP contribution is 2.41. The van der Waals surface area contributed by atoms with Gasteiger partial charge in [-0.3, -0.25) is 4.79 Å². The highest BCUT2D eigenvalue weighted by Gasteiger charge is 2.44. The third kappa shape index (κ3) is 2.07. The molecule has 0 aromatic heterocycles. The van der Waals surface area contributed by atoms with Gasteiger partial charge in [0.05, 0.1) is 0 Å². The highest BCUT2D eigenvalue weighted by atomic mass is 16.2. The van der Waals surface area contributed by atoms with Crippen LogP contribution in [0.4, 0.5) is 0 Å². The monoisotopic (exact) mass is 250 g/mol. The molecule has 18 heavy (non-hydrogen) atoms. The van der Waals surface area contributed by atoms with Gasteiger partial charge < -0.3 is 10.6 Å². The summed E-state index contributed by atoms with van der Waals surface area (Å²) in [5.41, 5.74) is 5.96. The third-order valence-corrected chi connectivity index (χ3v) is 5.42. The molecular weight excluding hydrogens is 224 g/mol. The molecule has 1 amide bonds. The van der Waals surface area contributed by atoms with Crippen LogP contribution >= 0.6 is 0 Å². The van der Waals surface area contributed by atoms with Crippen LogP contribution in [0.2, 0.25) is 0 Å². The number of rotatable bonds is 1. The van der Waals surface area contributed by atoms with Gasteiger partial charge in [-0.2, -0.15) is 0 Å². The molecule has 2 aliphatic carbocycles. The molecule has 1 aliphatic heterocycles. The maximum Gasteiger partial charge on any atom is 0.226 e. The Morgan fingerprint density at radius 3 is 2.61 bits per heavy atom. The molecule has 0 aromatic rings. The van der Waals surface area contributed by atoms with Crippen LogP contribution < -0.4 is 5.73 Å². The van der Waals surface area contributed by atoms with Crippen molar-refractivity contribution in [3.8, 4) is 0 Å². The lowest BCUT2D eigenvalue weighted by atomic mass is 9.84. The van der Waals surface area contributed by atoms with E-state index >= 15 is 0 Å². The first-order valence-corrected chi connectivity index (χ1v) is 7.74. The van der Waals surface area contributed by atoms with Crippen LogP contribution in [0, 0.1) is 11.8 Å². The second kappa shape index (κ2) is 4.84. The number of amides is 1. The first-order valence-electron chi connectivity index (χ1n) is 7.74. The van der Waals surface area contributed by atoms with Crippen molar-refractivity contribution in [3.05, 3.63) is 0 Å². The number of fused-ring (bicyclic) bond motifs is 1. The molecule has 2 N–H and O–H groups in total. The highest BCUT2D eigenvalue weighted by molar-refractivity contribution is 5.80. The first kappa shape index (κ1) is 12.5. The summed E-state index contributed by atoms with van der Waals surface area (Å²) in [6.45, 7) is 2.24. The number of nitrogens with two attached hydrogens (primary N) is 1. The summed E-state index contributed by atoms with van der Waals surface area (Å²) in [7, 11) is 0. The second-order valence-electron chi connectivity index (χ2n) is 6.71. The smallest absolute Gasteiger partial charge is 0.226 e. The average Bonchev–Trinajstić information content (AvgIpc) is 2.91. The lowest BCUT2D eigenvalue weighted by Gasteiger charge is -2.35. The Hall–Kier alpha value is -0.570. The molecule has 0 spiro atoms. The minimum absolute atomic E-state index is 0.225. The fourth-order valence-corrected chi connectivity index (χ4v) is 4.54. The van der Waals surface area contributed by atoms with Crippen molar-refractivity contribution in [2.75, 3.05) is 0 Å². The standard InChI is InChI=1S/C15H26N2O/c1-10-8-11-4-2-3-5-14(11)17(10)15(18)12-6-7-13(16)9-12/h10-14H,2-9,16H2,1H3/t10-,11+,12+,13+,14+/m1/s1. The van der Waals surface area contributed by atoms with E-state index in [1.54, 1.807) is 0 Å². The van der Waals surface area contributed by atoms with Gasteiger partial charge in [-0.05, 0) is 51.4 Å². The quantitative estimate of drug-likeness (QED) is 0.776. The summed E-state index contributed by atoms with van der Waals surface area (Å²) >= 11 is 0. The molecule has 0 aromatic carbocycles. The van der Waals surface area contributed by atoms with Crippen LogP contribution in [0.25, 0.3) is 0 Å². The molecule has 3 nitrogen and oxygen atoms in total. The van der Waals surface area contributed by atoms with Crippen LogP contribution in [-0.4, -0.2) is 28.9 Å². The lowest BCUT2D eigenvalue weighted by Crippen LogP contribution is -2.45. The fraction of sp³-hybridized carbons (Fsp3) is 0.933. The van der Waals surface area contributed by atoms with E-state index in [-0.39, 0.29) is 12.0 Å². The van der Waals surface area contributed by atoms with E-state index in [1.165, 1.54) is 32.1 Å².